The first-order valence-electron chi connectivity index (χ1n) is 9.98. The minimum absolute atomic E-state index is 0.0216. The van der Waals surface area contributed by atoms with E-state index < -0.39 is 0 Å². The van der Waals surface area contributed by atoms with Crippen molar-refractivity contribution in [2.75, 3.05) is 6.61 Å². The normalized spacial score (nSPS) is 9.59. The average Bonchev–Trinajstić information content (AvgIpc) is 3.15. The molecule has 0 aliphatic carbocycles. The number of ether oxygens (including phenoxy) is 1. The Morgan fingerprint density at radius 1 is 1.00 bits per heavy atom. The third kappa shape index (κ3) is 8.42. The van der Waals surface area contributed by atoms with Gasteiger partial charge in [0.05, 0.1) is 5.69 Å². The van der Waals surface area contributed by atoms with Crippen molar-refractivity contribution < 1.29 is 9.53 Å². The fourth-order valence-electron chi connectivity index (χ4n) is 2.23. The van der Waals surface area contributed by atoms with Gasteiger partial charge in [-0.25, -0.2) is 4.98 Å². The van der Waals surface area contributed by atoms with Crippen LogP contribution < -0.4 is 4.74 Å². The number of aryl methyl sites for hydroxylation is 1. The number of carbonyl (C=O) groups excluding carboxylic acids is 1. The molecule has 0 unspecified atom stereocenters. The second kappa shape index (κ2) is 14.0. The zero-order chi connectivity index (χ0) is 21.6. The van der Waals surface area contributed by atoms with Gasteiger partial charge in [0.1, 0.15) is 17.4 Å². The lowest BCUT2D eigenvalue weighted by Gasteiger charge is -2.05. The highest BCUT2D eigenvalue weighted by Gasteiger charge is 2.09. The highest BCUT2D eigenvalue weighted by molar-refractivity contribution is 7.98. The van der Waals surface area contributed by atoms with Crippen LogP contribution in [0, 0.1) is 6.92 Å². The van der Waals surface area contributed by atoms with E-state index in [4.69, 9.17) is 9.72 Å². The Hall–Kier alpha value is -2.11. The first-order valence-corrected chi connectivity index (χ1v) is 11.8. The molecule has 156 valence electrons. The summed E-state index contributed by atoms with van der Waals surface area (Å²) in [6, 6.07) is 18.1. The topological polar surface area (TPSA) is 39.2 Å². The predicted octanol–water partition coefficient (Wildman–Crippen LogP) is 7.43. The van der Waals surface area contributed by atoms with Gasteiger partial charge < -0.3 is 4.74 Å². The lowest BCUT2D eigenvalue weighted by atomic mass is 10.2. The number of Topliss-reactive ketones (excluding diaryl/α,β-unsaturated/α-hetero) is 1. The standard InChI is InChI=1S/C20H19NO2S2.2C2H6/c1-14(22)12-23-17-8-10-18(11-9-17)24-13-19-15(2)21-20(25-19)16-6-4-3-5-7-16;2*1-2/h3-11H,12-13H2,1-2H3;2*1-2H3. The van der Waals surface area contributed by atoms with Gasteiger partial charge in [0.2, 0.25) is 0 Å². The molecular formula is C24H31NO2S2. The van der Waals surface area contributed by atoms with E-state index in [0.717, 1.165) is 22.2 Å². The molecule has 1 aromatic heterocycles. The van der Waals surface area contributed by atoms with Crippen molar-refractivity contribution >= 4 is 28.9 Å². The van der Waals surface area contributed by atoms with Gasteiger partial charge in [-0.3, -0.25) is 4.79 Å². The number of hydrogen-bond donors (Lipinski definition) is 0. The first-order chi connectivity index (χ1) is 14.1. The minimum atomic E-state index is 0.0216. The molecule has 0 radical (unpaired) electrons. The van der Waals surface area contributed by atoms with Crippen LogP contribution in [0.1, 0.15) is 45.2 Å². The molecule has 3 rings (SSSR count). The Kier molecular flexibility index (Phi) is 12.0. The number of aromatic nitrogens is 1. The second-order valence-corrected chi connectivity index (χ2v) is 7.78. The third-order valence-corrected chi connectivity index (χ3v) is 5.98. The van der Waals surface area contributed by atoms with Crippen molar-refractivity contribution in [1.29, 1.82) is 0 Å². The molecule has 29 heavy (non-hydrogen) atoms. The van der Waals surface area contributed by atoms with Crippen molar-refractivity contribution in [3.05, 3.63) is 65.2 Å². The maximum Gasteiger partial charge on any atom is 0.167 e. The first kappa shape index (κ1) is 24.9. The monoisotopic (exact) mass is 429 g/mol. The van der Waals surface area contributed by atoms with Crippen LogP contribution in [0.15, 0.2) is 59.5 Å². The molecule has 0 saturated carbocycles. The molecule has 2 aromatic carbocycles. The van der Waals surface area contributed by atoms with E-state index in [1.807, 2.05) is 70.2 Å². The molecule has 3 aromatic rings. The lowest BCUT2D eigenvalue weighted by Crippen LogP contribution is -2.06. The molecule has 3 nitrogen and oxygen atoms in total. The van der Waals surface area contributed by atoms with E-state index in [0.29, 0.717) is 0 Å². The van der Waals surface area contributed by atoms with Crippen molar-refractivity contribution in [3.63, 3.8) is 0 Å². The smallest absolute Gasteiger partial charge is 0.167 e. The molecule has 0 N–H and O–H groups in total. The summed E-state index contributed by atoms with van der Waals surface area (Å²) in [5.41, 5.74) is 2.26. The molecule has 0 saturated heterocycles. The van der Waals surface area contributed by atoms with E-state index in [9.17, 15) is 4.79 Å². The summed E-state index contributed by atoms with van der Waals surface area (Å²) < 4.78 is 5.39. The molecule has 1 heterocycles. The highest BCUT2D eigenvalue weighted by Crippen LogP contribution is 2.33. The highest BCUT2D eigenvalue weighted by atomic mass is 32.2. The molecule has 0 atom stereocenters. The number of rotatable bonds is 7. The van der Waals surface area contributed by atoms with Gasteiger partial charge in [-0.15, -0.1) is 23.1 Å². The molecule has 0 spiro atoms. The molecule has 0 aliphatic rings. The SMILES string of the molecule is CC.CC.CC(=O)COc1ccc(SCc2sc(-c3ccccc3)nc2C)cc1. The van der Waals surface area contributed by atoms with Crippen molar-refractivity contribution in [1.82, 2.24) is 4.98 Å². The van der Waals surface area contributed by atoms with Gasteiger partial charge in [-0.1, -0.05) is 58.0 Å². The number of thiazole rings is 1. The van der Waals surface area contributed by atoms with Gasteiger partial charge in [0, 0.05) is 21.1 Å². The van der Waals surface area contributed by atoms with E-state index >= 15 is 0 Å². The Morgan fingerprint density at radius 2 is 1.62 bits per heavy atom. The summed E-state index contributed by atoms with van der Waals surface area (Å²) in [4.78, 5) is 18.1. The Labute approximate surface area is 183 Å². The fourth-order valence-corrected chi connectivity index (χ4v) is 4.34. The largest absolute Gasteiger partial charge is 0.486 e. The van der Waals surface area contributed by atoms with Crippen molar-refractivity contribution in [2.45, 2.75) is 52.2 Å². The van der Waals surface area contributed by atoms with E-state index in [-0.39, 0.29) is 12.4 Å². The summed E-state index contributed by atoms with van der Waals surface area (Å²) in [6.45, 7) is 11.7. The second-order valence-electron chi connectivity index (χ2n) is 5.64. The summed E-state index contributed by atoms with van der Waals surface area (Å²) in [5, 5.41) is 1.07. The molecule has 5 heteroatoms. The number of thioether (sulfide) groups is 1. The molecular weight excluding hydrogens is 398 g/mol. The van der Waals surface area contributed by atoms with Crippen LogP contribution in [0.5, 0.6) is 5.75 Å². The summed E-state index contributed by atoms with van der Waals surface area (Å²) in [7, 11) is 0. The summed E-state index contributed by atoms with van der Waals surface area (Å²) >= 11 is 3.53. The summed E-state index contributed by atoms with van der Waals surface area (Å²) in [5.74, 6) is 1.64. The van der Waals surface area contributed by atoms with E-state index in [1.54, 1.807) is 23.1 Å². The number of hydrogen-bond acceptors (Lipinski definition) is 5. The van der Waals surface area contributed by atoms with Crippen LogP contribution in [0.3, 0.4) is 0 Å². The van der Waals surface area contributed by atoms with Gasteiger partial charge in [0.15, 0.2) is 5.78 Å². The Morgan fingerprint density at radius 3 is 2.21 bits per heavy atom. The Balaban J connectivity index is 0.000000989. The van der Waals surface area contributed by atoms with E-state index in [2.05, 4.69) is 19.1 Å². The third-order valence-electron chi connectivity index (χ3n) is 3.55. The van der Waals surface area contributed by atoms with Crippen molar-refractivity contribution in [3.8, 4) is 16.3 Å². The summed E-state index contributed by atoms with van der Waals surface area (Å²) in [6.07, 6.45) is 0. The number of nitrogens with zero attached hydrogens (tertiary/aromatic N) is 1. The van der Waals surface area contributed by atoms with Crippen molar-refractivity contribution in [2.24, 2.45) is 0 Å². The molecule has 0 bridgehead atoms. The van der Waals surface area contributed by atoms with Crippen LogP contribution in [0.2, 0.25) is 0 Å². The molecule has 0 amide bonds. The quantitative estimate of drug-likeness (QED) is 0.366. The lowest BCUT2D eigenvalue weighted by molar-refractivity contribution is -0.118. The predicted molar refractivity (Wildman–Crippen MR) is 127 cm³/mol. The number of benzene rings is 2. The van der Waals surface area contributed by atoms with Crippen LogP contribution in [-0.4, -0.2) is 17.4 Å². The minimum Gasteiger partial charge on any atom is -0.486 e. The fraction of sp³-hybridized carbons (Fsp3) is 0.333. The van der Waals surface area contributed by atoms with Crippen LogP contribution in [-0.2, 0) is 10.5 Å². The van der Waals surface area contributed by atoms with Gasteiger partial charge in [-0.2, -0.15) is 0 Å². The van der Waals surface area contributed by atoms with E-state index in [1.165, 1.54) is 22.3 Å². The average molecular weight is 430 g/mol. The number of carbonyl (C=O) groups is 1. The van der Waals surface area contributed by atoms with Gasteiger partial charge in [0.25, 0.3) is 0 Å². The number of ketones is 1. The van der Waals surface area contributed by atoms with Gasteiger partial charge in [-0.05, 0) is 38.1 Å². The maximum atomic E-state index is 10.9. The zero-order valence-corrected chi connectivity index (χ0v) is 19.8. The Bertz CT molecular complexity index is 843. The van der Waals surface area contributed by atoms with Crippen LogP contribution in [0.25, 0.3) is 10.6 Å². The van der Waals surface area contributed by atoms with Crippen LogP contribution >= 0.6 is 23.1 Å². The maximum absolute atomic E-state index is 10.9. The van der Waals surface area contributed by atoms with Gasteiger partial charge >= 0.3 is 0 Å². The molecule has 0 fully saturated rings. The zero-order valence-electron chi connectivity index (χ0n) is 18.2. The van der Waals surface area contributed by atoms with Crippen LogP contribution in [0.4, 0.5) is 0 Å². The molecule has 0 aliphatic heterocycles.